The highest BCUT2D eigenvalue weighted by atomic mass is 32.1. The second-order valence-electron chi connectivity index (χ2n) is 4.55. The van der Waals surface area contributed by atoms with Gasteiger partial charge in [-0.05, 0) is 0 Å². The van der Waals surface area contributed by atoms with Gasteiger partial charge in [0.1, 0.15) is 10.2 Å². The van der Waals surface area contributed by atoms with Gasteiger partial charge in [-0.2, -0.15) is 0 Å². The summed E-state index contributed by atoms with van der Waals surface area (Å²) in [5, 5.41) is 0. The highest BCUT2D eigenvalue weighted by Gasteiger charge is 2.29. The summed E-state index contributed by atoms with van der Waals surface area (Å²) in [6.07, 6.45) is 0. The van der Waals surface area contributed by atoms with E-state index in [1.807, 2.05) is 0 Å². The molecule has 0 aromatic heterocycles. The van der Waals surface area contributed by atoms with Gasteiger partial charge in [0.25, 0.3) is 0 Å². The van der Waals surface area contributed by atoms with Gasteiger partial charge < -0.3 is 19.3 Å². The van der Waals surface area contributed by atoms with Gasteiger partial charge in [0.15, 0.2) is 0 Å². The lowest BCUT2D eigenvalue weighted by Gasteiger charge is -2.37. The summed E-state index contributed by atoms with van der Waals surface area (Å²) in [4.78, 5) is 16.3. The number of rotatable bonds is 2. The zero-order chi connectivity index (χ0) is 12.5. The van der Waals surface area contributed by atoms with E-state index in [1.54, 1.807) is 0 Å². The van der Waals surface area contributed by atoms with Crippen molar-refractivity contribution in [2.45, 2.75) is 0 Å². The SMILES string of the molecule is O=c1c(N2CCOCC2)c(N2CCOCC2)c1=S. The first-order valence-electron chi connectivity index (χ1n) is 6.28. The van der Waals surface area contributed by atoms with Crippen LogP contribution in [0.3, 0.4) is 0 Å². The lowest BCUT2D eigenvalue weighted by Crippen LogP contribution is -2.45. The Morgan fingerprint density at radius 1 is 0.833 bits per heavy atom. The molecule has 1 aromatic carbocycles. The molecular formula is C12H16N2O3S. The van der Waals surface area contributed by atoms with Gasteiger partial charge in [0, 0.05) is 26.2 Å². The Balaban J connectivity index is 1.87. The van der Waals surface area contributed by atoms with Gasteiger partial charge in [-0.1, -0.05) is 12.2 Å². The van der Waals surface area contributed by atoms with Crippen LogP contribution in [0.1, 0.15) is 0 Å². The van der Waals surface area contributed by atoms with Crippen LogP contribution in [0.15, 0.2) is 4.79 Å². The number of anilines is 2. The Morgan fingerprint density at radius 3 is 1.78 bits per heavy atom. The second-order valence-corrected chi connectivity index (χ2v) is 4.96. The first-order chi connectivity index (χ1) is 8.79. The van der Waals surface area contributed by atoms with Crippen molar-refractivity contribution in [1.82, 2.24) is 0 Å². The van der Waals surface area contributed by atoms with E-state index in [2.05, 4.69) is 9.80 Å². The average Bonchev–Trinajstić information content (AvgIpc) is 2.45. The molecule has 2 aliphatic heterocycles. The fourth-order valence-corrected chi connectivity index (χ4v) is 2.85. The summed E-state index contributed by atoms with van der Waals surface area (Å²) >= 11 is 5.21. The Morgan fingerprint density at radius 2 is 1.28 bits per heavy atom. The van der Waals surface area contributed by atoms with Crippen molar-refractivity contribution in [3.63, 3.8) is 0 Å². The van der Waals surface area contributed by atoms with Crippen LogP contribution < -0.4 is 15.2 Å². The molecule has 6 heteroatoms. The van der Waals surface area contributed by atoms with Gasteiger partial charge in [-0.25, -0.2) is 0 Å². The summed E-state index contributed by atoms with van der Waals surface area (Å²) in [5.41, 5.74) is 1.78. The molecule has 1 aromatic rings. The van der Waals surface area contributed by atoms with Crippen molar-refractivity contribution in [2.24, 2.45) is 0 Å². The van der Waals surface area contributed by atoms with Crippen LogP contribution in [-0.2, 0) is 9.47 Å². The Bertz CT molecular complexity index is 452. The second kappa shape index (κ2) is 4.95. The minimum absolute atomic E-state index is 0.0217. The average molecular weight is 268 g/mol. The zero-order valence-electron chi connectivity index (χ0n) is 10.2. The number of hydrogen-bond acceptors (Lipinski definition) is 6. The van der Waals surface area contributed by atoms with E-state index in [4.69, 9.17) is 21.7 Å². The smallest absolute Gasteiger partial charge is 0.224 e. The quantitative estimate of drug-likeness (QED) is 0.720. The summed E-state index contributed by atoms with van der Waals surface area (Å²) in [6.45, 7) is 5.95. The molecule has 2 fully saturated rings. The Labute approximate surface area is 111 Å². The van der Waals surface area contributed by atoms with Crippen LogP contribution in [0.4, 0.5) is 11.4 Å². The monoisotopic (exact) mass is 268 g/mol. The molecular weight excluding hydrogens is 252 g/mol. The van der Waals surface area contributed by atoms with E-state index < -0.39 is 0 Å². The fourth-order valence-electron chi connectivity index (χ4n) is 2.53. The Kier molecular flexibility index (Phi) is 3.32. The third-order valence-corrected chi connectivity index (χ3v) is 3.89. The molecule has 0 unspecified atom stereocenters. The third-order valence-electron chi connectivity index (χ3n) is 3.52. The van der Waals surface area contributed by atoms with E-state index in [0.717, 1.165) is 37.6 Å². The minimum Gasteiger partial charge on any atom is -0.378 e. The van der Waals surface area contributed by atoms with Gasteiger partial charge in [0.2, 0.25) is 5.43 Å². The molecule has 0 N–H and O–H groups in total. The maximum Gasteiger partial charge on any atom is 0.224 e. The highest BCUT2D eigenvalue weighted by molar-refractivity contribution is 7.71. The van der Waals surface area contributed by atoms with Gasteiger partial charge in [-0.15, -0.1) is 0 Å². The fraction of sp³-hybridized carbons (Fsp3) is 0.667. The summed E-state index contributed by atoms with van der Waals surface area (Å²) in [5.74, 6) is 0. The molecule has 5 nitrogen and oxygen atoms in total. The molecule has 0 aliphatic carbocycles. The van der Waals surface area contributed by atoms with Crippen molar-refractivity contribution in [3.05, 3.63) is 14.7 Å². The highest BCUT2D eigenvalue weighted by Crippen LogP contribution is 2.32. The summed E-state index contributed by atoms with van der Waals surface area (Å²) in [6, 6.07) is 0. The largest absolute Gasteiger partial charge is 0.378 e. The molecule has 0 bridgehead atoms. The normalized spacial score (nSPS) is 21.6. The van der Waals surface area contributed by atoms with Crippen LogP contribution in [0.25, 0.3) is 0 Å². The molecule has 2 heterocycles. The molecule has 3 rings (SSSR count). The van der Waals surface area contributed by atoms with Crippen molar-refractivity contribution < 1.29 is 9.47 Å². The number of hydrogen-bond donors (Lipinski definition) is 0. The summed E-state index contributed by atoms with van der Waals surface area (Å²) < 4.78 is 11.1. The predicted molar refractivity (Wildman–Crippen MR) is 72.0 cm³/mol. The molecule has 0 atom stereocenters. The van der Waals surface area contributed by atoms with E-state index in [9.17, 15) is 4.79 Å². The van der Waals surface area contributed by atoms with Crippen LogP contribution in [0.2, 0.25) is 0 Å². The van der Waals surface area contributed by atoms with Crippen molar-refractivity contribution in [2.75, 3.05) is 62.4 Å². The van der Waals surface area contributed by atoms with Crippen LogP contribution in [0.5, 0.6) is 0 Å². The molecule has 0 spiro atoms. The predicted octanol–water partition coefficient (Wildman–Crippen LogP) is 0.325. The third kappa shape index (κ3) is 1.94. The van der Waals surface area contributed by atoms with E-state index in [0.29, 0.717) is 30.9 Å². The molecule has 0 amide bonds. The van der Waals surface area contributed by atoms with Crippen LogP contribution in [0, 0.1) is 4.51 Å². The lowest BCUT2D eigenvalue weighted by molar-refractivity contribution is 0.120. The number of morpholine rings is 2. The van der Waals surface area contributed by atoms with Crippen molar-refractivity contribution in [3.8, 4) is 0 Å². The molecule has 98 valence electrons. The van der Waals surface area contributed by atoms with Crippen molar-refractivity contribution in [1.29, 1.82) is 0 Å². The maximum atomic E-state index is 12.0. The standard InChI is InChI=1S/C12H16N2O3S/c15-11-9(13-1-5-16-6-2-13)10(12(11)18)14-3-7-17-8-4-14/h1-8H2. The first-order valence-corrected chi connectivity index (χ1v) is 6.68. The number of nitrogens with zero attached hydrogens (tertiary/aromatic N) is 2. The first kappa shape index (κ1) is 12.1. The van der Waals surface area contributed by atoms with Gasteiger partial charge in [0.05, 0.1) is 32.1 Å². The summed E-state index contributed by atoms with van der Waals surface area (Å²) in [7, 11) is 0. The molecule has 0 radical (unpaired) electrons. The van der Waals surface area contributed by atoms with E-state index in [1.165, 1.54) is 0 Å². The molecule has 2 aliphatic rings. The van der Waals surface area contributed by atoms with Crippen molar-refractivity contribution >= 4 is 23.6 Å². The number of ether oxygens (including phenoxy) is 2. The Hall–Kier alpha value is -0.980. The van der Waals surface area contributed by atoms with Gasteiger partial charge in [-0.3, -0.25) is 4.79 Å². The maximum absolute atomic E-state index is 12.0. The molecule has 0 saturated carbocycles. The lowest BCUT2D eigenvalue weighted by atomic mass is 10.1. The molecule has 2 saturated heterocycles. The molecule has 18 heavy (non-hydrogen) atoms. The minimum atomic E-state index is 0.0217. The van der Waals surface area contributed by atoms with E-state index >= 15 is 0 Å². The zero-order valence-corrected chi connectivity index (χ0v) is 11.0. The van der Waals surface area contributed by atoms with Crippen LogP contribution in [-0.4, -0.2) is 52.6 Å². The van der Waals surface area contributed by atoms with Crippen LogP contribution >= 0.6 is 12.2 Å². The van der Waals surface area contributed by atoms with E-state index in [-0.39, 0.29) is 5.43 Å². The topological polar surface area (TPSA) is 42.0 Å². The van der Waals surface area contributed by atoms with Gasteiger partial charge >= 0.3 is 0 Å².